The maximum atomic E-state index is 12.1. The predicted octanol–water partition coefficient (Wildman–Crippen LogP) is 0.916. The van der Waals surface area contributed by atoms with Crippen LogP contribution in [0.1, 0.15) is 31.1 Å². The lowest BCUT2D eigenvalue weighted by molar-refractivity contribution is -0.124. The third kappa shape index (κ3) is 3.72. The molecule has 4 N–H and O–H groups in total. The number of nitrogens with two attached hydrogens (primary N) is 1. The van der Waals surface area contributed by atoms with Crippen LogP contribution in [-0.2, 0) is 4.79 Å². The van der Waals surface area contributed by atoms with Crippen molar-refractivity contribution in [1.82, 2.24) is 5.32 Å². The molecule has 1 aliphatic rings. The molecule has 0 saturated carbocycles. The average molecular weight is 291 g/mol. The Hall–Kier alpha value is -2.08. The molecule has 0 aromatic heterocycles. The molecule has 1 unspecified atom stereocenters. The molecule has 0 aliphatic carbocycles. The number of amides is 1. The zero-order valence-corrected chi connectivity index (χ0v) is 12.5. The number of benzene rings is 1. The summed E-state index contributed by atoms with van der Waals surface area (Å²) in [6.07, 6.45) is -0.572. The van der Waals surface area contributed by atoms with Crippen molar-refractivity contribution in [3.05, 3.63) is 23.8 Å². The first-order valence-electron chi connectivity index (χ1n) is 6.90. The Kier molecular flexibility index (Phi) is 4.18. The van der Waals surface area contributed by atoms with Crippen LogP contribution in [0.25, 0.3) is 0 Å². The molecule has 114 valence electrons. The summed E-state index contributed by atoms with van der Waals surface area (Å²) in [4.78, 5) is 23.7. The van der Waals surface area contributed by atoms with E-state index in [9.17, 15) is 9.59 Å². The van der Waals surface area contributed by atoms with Crippen molar-refractivity contribution in [2.24, 2.45) is 5.73 Å². The second kappa shape index (κ2) is 5.73. The molecule has 0 radical (unpaired) electrons. The SMILES string of the molecule is CC(C)(C)NC(=O)c1ccc2c(c1)NCC(C(=O)CN)O2. The number of ether oxygens (including phenoxy) is 1. The highest BCUT2D eigenvalue weighted by Crippen LogP contribution is 2.30. The third-order valence-electron chi connectivity index (χ3n) is 3.04. The number of fused-ring (bicyclic) bond motifs is 1. The van der Waals surface area contributed by atoms with Crippen molar-refractivity contribution >= 4 is 17.4 Å². The number of hydrogen-bond acceptors (Lipinski definition) is 5. The van der Waals surface area contributed by atoms with Crippen molar-refractivity contribution in [3.8, 4) is 5.75 Å². The molecular formula is C15H21N3O3. The van der Waals surface area contributed by atoms with Crippen LogP contribution >= 0.6 is 0 Å². The fraction of sp³-hybridized carbons (Fsp3) is 0.467. The highest BCUT2D eigenvalue weighted by atomic mass is 16.5. The van der Waals surface area contributed by atoms with Gasteiger partial charge in [0.1, 0.15) is 5.75 Å². The van der Waals surface area contributed by atoms with E-state index in [4.69, 9.17) is 10.5 Å². The molecule has 21 heavy (non-hydrogen) atoms. The summed E-state index contributed by atoms with van der Waals surface area (Å²) >= 11 is 0. The summed E-state index contributed by atoms with van der Waals surface area (Å²) in [5.74, 6) is 0.260. The van der Waals surface area contributed by atoms with Crippen LogP contribution in [0, 0.1) is 0 Å². The third-order valence-corrected chi connectivity index (χ3v) is 3.04. The van der Waals surface area contributed by atoms with Crippen molar-refractivity contribution in [2.45, 2.75) is 32.4 Å². The van der Waals surface area contributed by atoms with Crippen molar-refractivity contribution in [1.29, 1.82) is 0 Å². The van der Waals surface area contributed by atoms with Gasteiger partial charge in [-0.3, -0.25) is 9.59 Å². The number of hydrogen-bond donors (Lipinski definition) is 3. The molecule has 0 fully saturated rings. The quantitative estimate of drug-likeness (QED) is 0.770. The van der Waals surface area contributed by atoms with Gasteiger partial charge in [0.25, 0.3) is 5.91 Å². The molecule has 1 aromatic rings. The first-order valence-corrected chi connectivity index (χ1v) is 6.90. The van der Waals surface area contributed by atoms with Gasteiger partial charge in [-0.1, -0.05) is 0 Å². The summed E-state index contributed by atoms with van der Waals surface area (Å²) in [6, 6.07) is 5.09. The molecule has 6 heteroatoms. The maximum Gasteiger partial charge on any atom is 0.251 e. The number of anilines is 1. The van der Waals surface area contributed by atoms with Gasteiger partial charge in [-0.15, -0.1) is 0 Å². The first kappa shape index (κ1) is 15.3. The van der Waals surface area contributed by atoms with Gasteiger partial charge in [0.05, 0.1) is 18.8 Å². The van der Waals surface area contributed by atoms with Gasteiger partial charge in [-0.2, -0.15) is 0 Å². The fourth-order valence-corrected chi connectivity index (χ4v) is 2.03. The number of nitrogens with one attached hydrogen (secondary N) is 2. The van der Waals surface area contributed by atoms with Crippen LogP contribution < -0.4 is 21.1 Å². The van der Waals surface area contributed by atoms with Crippen molar-refractivity contribution < 1.29 is 14.3 Å². The van der Waals surface area contributed by atoms with Gasteiger partial charge in [-0.25, -0.2) is 0 Å². The standard InChI is InChI=1S/C15H21N3O3/c1-15(2,3)18-14(20)9-4-5-12-10(6-9)17-8-13(21-12)11(19)7-16/h4-6,13,17H,7-8,16H2,1-3H3,(H,18,20). The summed E-state index contributed by atoms with van der Waals surface area (Å²) in [5, 5.41) is 6.00. The second-order valence-electron chi connectivity index (χ2n) is 6.07. The molecule has 0 bridgehead atoms. The highest BCUT2D eigenvalue weighted by molar-refractivity contribution is 5.96. The lowest BCUT2D eigenvalue weighted by atomic mass is 10.1. The Labute approximate surface area is 124 Å². The summed E-state index contributed by atoms with van der Waals surface area (Å²) in [5.41, 5.74) is 6.29. The number of rotatable bonds is 3. The van der Waals surface area contributed by atoms with Crippen molar-refractivity contribution in [2.75, 3.05) is 18.4 Å². The van der Waals surface area contributed by atoms with Gasteiger partial charge < -0.3 is 21.1 Å². The molecule has 1 amide bonds. The van der Waals surface area contributed by atoms with Crippen LogP contribution in [0.2, 0.25) is 0 Å². The second-order valence-corrected chi connectivity index (χ2v) is 6.07. The minimum atomic E-state index is -0.572. The predicted molar refractivity (Wildman–Crippen MR) is 80.6 cm³/mol. The minimum absolute atomic E-state index is 0.0479. The van der Waals surface area contributed by atoms with E-state index in [2.05, 4.69) is 10.6 Å². The zero-order chi connectivity index (χ0) is 15.6. The normalized spacial score (nSPS) is 17.2. The smallest absolute Gasteiger partial charge is 0.251 e. The Balaban J connectivity index is 2.15. The molecule has 0 saturated heterocycles. The van der Waals surface area contributed by atoms with Gasteiger partial charge in [0, 0.05) is 11.1 Å². The number of carbonyl (C=O) groups is 2. The van der Waals surface area contributed by atoms with E-state index in [0.29, 0.717) is 23.5 Å². The molecular weight excluding hydrogens is 270 g/mol. The van der Waals surface area contributed by atoms with Gasteiger partial charge in [0.15, 0.2) is 11.9 Å². The van der Waals surface area contributed by atoms with Crippen LogP contribution in [0.3, 0.4) is 0 Å². The van der Waals surface area contributed by atoms with Crippen molar-refractivity contribution in [3.63, 3.8) is 0 Å². The average Bonchev–Trinajstić information content (AvgIpc) is 2.43. The molecule has 6 nitrogen and oxygen atoms in total. The zero-order valence-electron chi connectivity index (χ0n) is 12.5. The van der Waals surface area contributed by atoms with E-state index in [-0.39, 0.29) is 23.8 Å². The summed E-state index contributed by atoms with van der Waals surface area (Å²) in [7, 11) is 0. The van der Waals surface area contributed by atoms with E-state index in [1.54, 1.807) is 18.2 Å². The number of carbonyl (C=O) groups excluding carboxylic acids is 2. The Morgan fingerprint density at radius 2 is 2.14 bits per heavy atom. The van der Waals surface area contributed by atoms with E-state index in [1.807, 2.05) is 20.8 Å². The lowest BCUT2D eigenvalue weighted by Crippen LogP contribution is -2.41. The highest BCUT2D eigenvalue weighted by Gasteiger charge is 2.25. The molecule has 1 aromatic carbocycles. The van der Waals surface area contributed by atoms with Crippen LogP contribution in [0.5, 0.6) is 5.75 Å². The summed E-state index contributed by atoms with van der Waals surface area (Å²) < 4.78 is 5.60. The molecule has 1 atom stereocenters. The number of ketones is 1. The molecule has 1 aliphatic heterocycles. The molecule has 2 rings (SSSR count). The van der Waals surface area contributed by atoms with Crippen LogP contribution in [0.4, 0.5) is 5.69 Å². The first-order chi connectivity index (χ1) is 9.80. The molecule has 0 spiro atoms. The Bertz CT molecular complexity index is 564. The lowest BCUT2D eigenvalue weighted by Gasteiger charge is -2.27. The Morgan fingerprint density at radius 3 is 2.76 bits per heavy atom. The van der Waals surface area contributed by atoms with E-state index < -0.39 is 6.10 Å². The largest absolute Gasteiger partial charge is 0.479 e. The topological polar surface area (TPSA) is 93.5 Å². The maximum absolute atomic E-state index is 12.1. The van der Waals surface area contributed by atoms with Crippen LogP contribution in [0.15, 0.2) is 18.2 Å². The fourth-order valence-electron chi connectivity index (χ4n) is 2.03. The van der Waals surface area contributed by atoms with Crippen LogP contribution in [-0.4, -0.2) is 36.4 Å². The molecule has 1 heterocycles. The number of Topliss-reactive ketones (excluding diaryl/α,β-unsaturated/α-hetero) is 1. The monoisotopic (exact) mass is 291 g/mol. The van der Waals surface area contributed by atoms with Gasteiger partial charge >= 0.3 is 0 Å². The van der Waals surface area contributed by atoms with E-state index in [1.165, 1.54) is 0 Å². The minimum Gasteiger partial charge on any atom is -0.479 e. The van der Waals surface area contributed by atoms with E-state index >= 15 is 0 Å². The van der Waals surface area contributed by atoms with Gasteiger partial charge in [-0.05, 0) is 39.0 Å². The summed E-state index contributed by atoms with van der Waals surface area (Å²) in [6.45, 7) is 6.08. The van der Waals surface area contributed by atoms with Gasteiger partial charge in [0.2, 0.25) is 0 Å². The Morgan fingerprint density at radius 1 is 1.43 bits per heavy atom. The van der Waals surface area contributed by atoms with E-state index in [0.717, 1.165) is 0 Å².